The normalized spacial score (nSPS) is 18.1. The van der Waals surface area contributed by atoms with Gasteiger partial charge in [-0.05, 0) is 44.7 Å². The van der Waals surface area contributed by atoms with Gasteiger partial charge in [0.05, 0.1) is 34.6 Å². The zero-order valence-corrected chi connectivity index (χ0v) is 20.2. The zero-order valence-electron chi connectivity index (χ0n) is 20.2. The first kappa shape index (κ1) is 22.2. The molecule has 9 nitrogen and oxygen atoms in total. The Balaban J connectivity index is 1.15. The lowest BCUT2D eigenvalue weighted by atomic mass is 9.82. The Labute approximate surface area is 207 Å². The summed E-state index contributed by atoms with van der Waals surface area (Å²) in [4.78, 5) is 25.3. The summed E-state index contributed by atoms with van der Waals surface area (Å²) in [6.07, 6.45) is 8.92. The molecule has 5 aromatic rings. The molecule has 4 heterocycles. The number of rotatable bonds is 4. The van der Waals surface area contributed by atoms with Crippen LogP contribution in [-0.4, -0.2) is 41.5 Å². The van der Waals surface area contributed by atoms with Gasteiger partial charge >= 0.3 is 0 Å². The van der Waals surface area contributed by atoms with E-state index in [9.17, 15) is 9.59 Å². The third-order valence-electron chi connectivity index (χ3n) is 7.48. The first-order chi connectivity index (χ1) is 17.5. The molecule has 0 saturated heterocycles. The Hall–Kier alpha value is -4.27. The molecular formula is C27H27N7O2. The van der Waals surface area contributed by atoms with E-state index >= 15 is 0 Å². The molecule has 0 bridgehead atoms. The molecule has 1 aromatic carbocycles. The van der Waals surface area contributed by atoms with Crippen LogP contribution in [0.25, 0.3) is 27.4 Å². The van der Waals surface area contributed by atoms with Crippen LogP contribution in [0.5, 0.6) is 0 Å². The molecule has 0 atom stereocenters. The highest BCUT2D eigenvalue weighted by Crippen LogP contribution is 2.34. The van der Waals surface area contributed by atoms with Gasteiger partial charge in [0.25, 0.3) is 11.5 Å². The minimum absolute atomic E-state index is 0.0926. The van der Waals surface area contributed by atoms with Crippen molar-refractivity contribution in [3.63, 3.8) is 0 Å². The predicted molar refractivity (Wildman–Crippen MR) is 137 cm³/mol. The van der Waals surface area contributed by atoms with Crippen LogP contribution >= 0.6 is 0 Å². The lowest BCUT2D eigenvalue weighted by molar-refractivity contribution is 0.0927. The molecule has 1 aliphatic rings. The maximum Gasteiger partial charge on any atom is 0.272 e. The van der Waals surface area contributed by atoms with Crippen molar-refractivity contribution >= 4 is 22.2 Å². The van der Waals surface area contributed by atoms with E-state index in [1.165, 1.54) is 0 Å². The SMILES string of the molecule is Cc1c(-c2ccc3c(C(=O)N[C@H]4CC[C@H](c5n[nH]c(=O)c6ccccc65)CC4)cnn3c2)cnn1C. The average Bonchev–Trinajstić information content (AvgIpc) is 3.47. The fourth-order valence-electron chi connectivity index (χ4n) is 5.32. The Bertz CT molecular complexity index is 1650. The van der Waals surface area contributed by atoms with E-state index in [1.807, 2.05) is 67.4 Å². The van der Waals surface area contributed by atoms with Crippen LogP contribution in [0.4, 0.5) is 0 Å². The van der Waals surface area contributed by atoms with Crippen molar-refractivity contribution in [1.29, 1.82) is 0 Å². The molecule has 1 amide bonds. The standard InChI is InChI=1S/C27H27N7O2/c1-16-22(13-28-33(16)2)18-9-12-24-23(14-29-34(24)15-18)26(35)30-19-10-7-17(8-11-19)25-20-5-3-4-6-21(20)27(36)32-31-25/h3-6,9,12-15,17,19H,7-8,10-11H2,1-2H3,(H,30,35)(H,32,36)/t17-,19-. The highest BCUT2D eigenvalue weighted by Gasteiger charge is 2.27. The van der Waals surface area contributed by atoms with Gasteiger partial charge in [0, 0.05) is 47.4 Å². The summed E-state index contributed by atoms with van der Waals surface area (Å²) in [6.45, 7) is 2.03. The van der Waals surface area contributed by atoms with Crippen molar-refractivity contribution in [1.82, 2.24) is 34.9 Å². The Kier molecular flexibility index (Phi) is 5.40. The lowest BCUT2D eigenvalue weighted by Crippen LogP contribution is -2.37. The summed E-state index contributed by atoms with van der Waals surface area (Å²) < 4.78 is 3.59. The third-order valence-corrected chi connectivity index (χ3v) is 7.48. The number of benzene rings is 1. The number of amides is 1. The van der Waals surface area contributed by atoms with Crippen LogP contribution in [-0.2, 0) is 7.05 Å². The number of H-pyrrole nitrogens is 1. The van der Waals surface area contributed by atoms with Crippen molar-refractivity contribution in [2.45, 2.75) is 44.6 Å². The van der Waals surface area contributed by atoms with Crippen LogP contribution in [0, 0.1) is 6.92 Å². The molecule has 6 rings (SSSR count). The van der Waals surface area contributed by atoms with Crippen molar-refractivity contribution in [3.8, 4) is 11.1 Å². The number of pyridine rings is 1. The highest BCUT2D eigenvalue weighted by molar-refractivity contribution is 6.01. The Morgan fingerprint density at radius 3 is 2.56 bits per heavy atom. The summed E-state index contributed by atoms with van der Waals surface area (Å²) in [5.74, 6) is 0.151. The van der Waals surface area contributed by atoms with Crippen molar-refractivity contribution in [2.24, 2.45) is 7.05 Å². The summed E-state index contributed by atoms with van der Waals surface area (Å²) in [5.41, 5.74) is 5.24. The second-order valence-corrected chi connectivity index (χ2v) is 9.58. The smallest absolute Gasteiger partial charge is 0.272 e. The molecule has 2 N–H and O–H groups in total. The molecule has 182 valence electrons. The van der Waals surface area contributed by atoms with Crippen molar-refractivity contribution in [2.75, 3.05) is 0 Å². The van der Waals surface area contributed by atoms with Gasteiger partial charge in [-0.3, -0.25) is 14.3 Å². The van der Waals surface area contributed by atoms with Gasteiger partial charge < -0.3 is 5.32 Å². The monoisotopic (exact) mass is 481 g/mol. The first-order valence-electron chi connectivity index (χ1n) is 12.2. The maximum atomic E-state index is 13.1. The van der Waals surface area contributed by atoms with E-state index < -0.39 is 0 Å². The molecule has 4 aromatic heterocycles. The molecule has 1 aliphatic carbocycles. The number of aryl methyl sites for hydroxylation is 1. The number of hydrogen-bond acceptors (Lipinski definition) is 5. The molecule has 0 radical (unpaired) electrons. The number of nitrogens with one attached hydrogen (secondary N) is 2. The summed E-state index contributed by atoms with van der Waals surface area (Å²) in [5, 5.41) is 20.6. The third kappa shape index (κ3) is 3.77. The van der Waals surface area contributed by atoms with E-state index in [4.69, 9.17) is 0 Å². The molecule has 9 heteroatoms. The number of carbonyl (C=O) groups is 1. The fraction of sp³-hybridized carbons (Fsp3) is 0.296. The van der Waals surface area contributed by atoms with Crippen LogP contribution in [0.2, 0.25) is 0 Å². The molecule has 0 aliphatic heterocycles. The van der Waals surface area contributed by atoms with Gasteiger partial charge in [0.1, 0.15) is 0 Å². The van der Waals surface area contributed by atoms with Crippen LogP contribution in [0.15, 0.2) is 59.8 Å². The summed E-state index contributed by atoms with van der Waals surface area (Å²) in [6, 6.07) is 11.6. The first-order valence-corrected chi connectivity index (χ1v) is 12.2. The van der Waals surface area contributed by atoms with Crippen LogP contribution in [0.3, 0.4) is 0 Å². The Morgan fingerprint density at radius 1 is 1.03 bits per heavy atom. The topological polar surface area (TPSA) is 110 Å². The second kappa shape index (κ2) is 8.75. The summed E-state index contributed by atoms with van der Waals surface area (Å²) in [7, 11) is 1.92. The van der Waals surface area contributed by atoms with E-state index in [2.05, 4.69) is 25.7 Å². The van der Waals surface area contributed by atoms with E-state index in [1.54, 1.807) is 10.7 Å². The van der Waals surface area contributed by atoms with E-state index in [-0.39, 0.29) is 23.4 Å². The number of aromatic amines is 1. The lowest BCUT2D eigenvalue weighted by Gasteiger charge is -2.29. The number of nitrogens with zero attached hydrogens (tertiary/aromatic N) is 5. The summed E-state index contributed by atoms with van der Waals surface area (Å²) >= 11 is 0. The second-order valence-electron chi connectivity index (χ2n) is 9.58. The number of fused-ring (bicyclic) bond motifs is 2. The number of aromatic nitrogens is 6. The highest BCUT2D eigenvalue weighted by atomic mass is 16.1. The number of carbonyl (C=O) groups excluding carboxylic acids is 1. The molecule has 0 unspecified atom stereocenters. The number of hydrogen-bond donors (Lipinski definition) is 2. The minimum Gasteiger partial charge on any atom is -0.349 e. The molecule has 0 spiro atoms. The zero-order chi connectivity index (χ0) is 24.8. The van der Waals surface area contributed by atoms with E-state index in [0.717, 1.165) is 59.1 Å². The van der Waals surface area contributed by atoms with Gasteiger partial charge in [-0.15, -0.1) is 0 Å². The Morgan fingerprint density at radius 2 is 1.81 bits per heavy atom. The quantitative estimate of drug-likeness (QED) is 0.406. The molecule has 36 heavy (non-hydrogen) atoms. The predicted octanol–water partition coefficient (Wildman–Crippen LogP) is 3.74. The maximum absolute atomic E-state index is 13.1. The molecule has 1 fully saturated rings. The largest absolute Gasteiger partial charge is 0.349 e. The van der Waals surface area contributed by atoms with Crippen LogP contribution in [0.1, 0.15) is 53.3 Å². The van der Waals surface area contributed by atoms with Crippen molar-refractivity contribution < 1.29 is 4.79 Å². The van der Waals surface area contributed by atoms with Gasteiger partial charge in [0.2, 0.25) is 0 Å². The van der Waals surface area contributed by atoms with Gasteiger partial charge in [0.15, 0.2) is 0 Å². The van der Waals surface area contributed by atoms with Crippen molar-refractivity contribution in [3.05, 3.63) is 82.3 Å². The minimum atomic E-state index is -0.161. The fourth-order valence-corrected chi connectivity index (χ4v) is 5.32. The van der Waals surface area contributed by atoms with Crippen LogP contribution < -0.4 is 10.9 Å². The van der Waals surface area contributed by atoms with E-state index in [0.29, 0.717) is 10.9 Å². The van der Waals surface area contributed by atoms with Gasteiger partial charge in [-0.1, -0.05) is 24.3 Å². The molecule has 1 saturated carbocycles. The van der Waals surface area contributed by atoms with Gasteiger partial charge in [-0.2, -0.15) is 15.3 Å². The van der Waals surface area contributed by atoms with Gasteiger partial charge in [-0.25, -0.2) is 9.61 Å². The molecular weight excluding hydrogens is 454 g/mol. The average molecular weight is 482 g/mol.